The van der Waals surface area contributed by atoms with E-state index < -0.39 is 0 Å². The molecule has 0 fully saturated rings. The Labute approximate surface area is 124 Å². The van der Waals surface area contributed by atoms with E-state index in [1.807, 2.05) is 42.5 Å². The second-order valence-electron chi connectivity index (χ2n) is 5.60. The summed E-state index contributed by atoms with van der Waals surface area (Å²) in [5, 5.41) is 1.23. The smallest absolute Gasteiger partial charge is 0.163 e. The standard InChI is InChI=1S/C19H19NO/c1-13(12-18(21)15-8-4-3-5-9-15)19-14(2)20-17-11-7-6-10-16(17)19/h3-11,13,20H,12H2,1-2H3. The Morgan fingerprint density at radius 1 is 1.05 bits per heavy atom. The lowest BCUT2D eigenvalue weighted by Gasteiger charge is -2.11. The summed E-state index contributed by atoms with van der Waals surface area (Å²) in [7, 11) is 0. The maximum Gasteiger partial charge on any atom is 0.163 e. The van der Waals surface area contributed by atoms with Crippen molar-refractivity contribution >= 4 is 16.7 Å². The predicted octanol–water partition coefficient (Wildman–Crippen LogP) is 4.85. The first-order chi connectivity index (χ1) is 10.2. The number of rotatable bonds is 4. The van der Waals surface area contributed by atoms with Gasteiger partial charge in [-0.1, -0.05) is 55.5 Å². The number of carbonyl (C=O) groups is 1. The fourth-order valence-electron chi connectivity index (χ4n) is 3.06. The van der Waals surface area contributed by atoms with Crippen LogP contribution in [0.2, 0.25) is 0 Å². The number of hydrogen-bond acceptors (Lipinski definition) is 1. The van der Waals surface area contributed by atoms with Gasteiger partial charge in [-0.25, -0.2) is 0 Å². The summed E-state index contributed by atoms with van der Waals surface area (Å²) in [5.41, 5.74) is 4.35. The number of hydrogen-bond donors (Lipinski definition) is 1. The highest BCUT2D eigenvalue weighted by Gasteiger charge is 2.18. The van der Waals surface area contributed by atoms with Gasteiger partial charge in [0.15, 0.2) is 5.78 Å². The number of aryl methyl sites for hydroxylation is 1. The van der Waals surface area contributed by atoms with Crippen molar-refractivity contribution in [2.24, 2.45) is 0 Å². The summed E-state index contributed by atoms with van der Waals surface area (Å²) in [6.07, 6.45) is 0.534. The summed E-state index contributed by atoms with van der Waals surface area (Å²) >= 11 is 0. The molecule has 3 rings (SSSR count). The van der Waals surface area contributed by atoms with E-state index in [1.165, 1.54) is 10.9 Å². The van der Waals surface area contributed by atoms with Crippen molar-refractivity contribution < 1.29 is 4.79 Å². The number of Topliss-reactive ketones (excluding diaryl/α,β-unsaturated/α-hetero) is 1. The number of aromatic amines is 1. The molecule has 0 radical (unpaired) electrons. The fourth-order valence-corrected chi connectivity index (χ4v) is 3.06. The first-order valence-corrected chi connectivity index (χ1v) is 7.32. The SMILES string of the molecule is Cc1[nH]c2ccccc2c1C(C)CC(=O)c1ccccc1. The van der Waals surface area contributed by atoms with E-state index in [-0.39, 0.29) is 11.7 Å². The third-order valence-corrected chi connectivity index (χ3v) is 4.02. The zero-order valence-electron chi connectivity index (χ0n) is 12.4. The van der Waals surface area contributed by atoms with Crippen molar-refractivity contribution in [3.8, 4) is 0 Å². The van der Waals surface area contributed by atoms with Gasteiger partial charge in [0.1, 0.15) is 0 Å². The van der Waals surface area contributed by atoms with Crippen LogP contribution in [0.25, 0.3) is 10.9 Å². The Hall–Kier alpha value is -2.35. The van der Waals surface area contributed by atoms with Gasteiger partial charge in [-0.15, -0.1) is 0 Å². The van der Waals surface area contributed by atoms with Crippen LogP contribution in [0.5, 0.6) is 0 Å². The lowest BCUT2D eigenvalue weighted by Crippen LogP contribution is -2.05. The first-order valence-electron chi connectivity index (χ1n) is 7.32. The lowest BCUT2D eigenvalue weighted by atomic mass is 9.91. The molecule has 0 saturated carbocycles. The van der Waals surface area contributed by atoms with Crippen LogP contribution >= 0.6 is 0 Å². The van der Waals surface area contributed by atoms with Crippen LogP contribution in [0, 0.1) is 6.92 Å². The number of aromatic nitrogens is 1. The van der Waals surface area contributed by atoms with Crippen LogP contribution in [-0.4, -0.2) is 10.8 Å². The molecule has 1 atom stereocenters. The van der Waals surface area contributed by atoms with Crippen LogP contribution < -0.4 is 0 Å². The summed E-state index contributed by atoms with van der Waals surface area (Å²) < 4.78 is 0. The van der Waals surface area contributed by atoms with Crippen molar-refractivity contribution in [2.45, 2.75) is 26.2 Å². The van der Waals surface area contributed by atoms with Gasteiger partial charge in [-0.3, -0.25) is 4.79 Å². The third kappa shape index (κ3) is 2.62. The molecule has 1 unspecified atom stereocenters. The lowest BCUT2D eigenvalue weighted by molar-refractivity contribution is 0.0976. The molecule has 0 aliphatic heterocycles. The van der Waals surface area contributed by atoms with Crippen molar-refractivity contribution in [3.63, 3.8) is 0 Å². The zero-order chi connectivity index (χ0) is 14.8. The van der Waals surface area contributed by atoms with Gasteiger partial charge in [0.25, 0.3) is 0 Å². The van der Waals surface area contributed by atoms with Gasteiger partial charge in [-0.2, -0.15) is 0 Å². The van der Waals surface area contributed by atoms with Crippen molar-refractivity contribution in [1.82, 2.24) is 4.98 Å². The molecule has 2 aromatic carbocycles. The number of fused-ring (bicyclic) bond motifs is 1. The largest absolute Gasteiger partial charge is 0.358 e. The summed E-state index contributed by atoms with van der Waals surface area (Å²) in [5.74, 6) is 0.404. The second-order valence-corrected chi connectivity index (χ2v) is 5.60. The van der Waals surface area contributed by atoms with Gasteiger partial charge < -0.3 is 4.98 Å². The molecule has 0 aliphatic rings. The van der Waals surface area contributed by atoms with Gasteiger partial charge in [0.2, 0.25) is 0 Å². The minimum absolute atomic E-state index is 0.202. The van der Waals surface area contributed by atoms with Crippen molar-refractivity contribution in [3.05, 3.63) is 71.4 Å². The van der Waals surface area contributed by atoms with E-state index in [2.05, 4.69) is 31.0 Å². The van der Waals surface area contributed by atoms with Gasteiger partial charge in [0, 0.05) is 28.6 Å². The molecule has 0 amide bonds. The van der Waals surface area contributed by atoms with E-state index in [4.69, 9.17) is 0 Å². The van der Waals surface area contributed by atoms with Crippen molar-refractivity contribution in [1.29, 1.82) is 0 Å². The molecule has 2 nitrogen and oxygen atoms in total. The Morgan fingerprint density at radius 3 is 2.48 bits per heavy atom. The minimum atomic E-state index is 0.202. The van der Waals surface area contributed by atoms with Crippen LogP contribution in [0.1, 0.15) is 40.9 Å². The number of para-hydroxylation sites is 1. The number of benzene rings is 2. The van der Waals surface area contributed by atoms with Gasteiger partial charge in [-0.05, 0) is 24.5 Å². The molecule has 0 spiro atoms. The molecule has 0 saturated heterocycles. The second kappa shape index (κ2) is 5.57. The van der Waals surface area contributed by atoms with Crippen LogP contribution in [-0.2, 0) is 0 Å². The Morgan fingerprint density at radius 2 is 1.71 bits per heavy atom. The van der Waals surface area contributed by atoms with E-state index >= 15 is 0 Å². The van der Waals surface area contributed by atoms with Crippen molar-refractivity contribution in [2.75, 3.05) is 0 Å². The van der Waals surface area contributed by atoms with E-state index in [0.717, 1.165) is 16.8 Å². The molecule has 106 valence electrons. The topological polar surface area (TPSA) is 32.9 Å². The molecule has 21 heavy (non-hydrogen) atoms. The number of nitrogens with one attached hydrogen (secondary N) is 1. The quantitative estimate of drug-likeness (QED) is 0.679. The minimum Gasteiger partial charge on any atom is -0.358 e. The first kappa shape index (κ1) is 13.6. The number of H-pyrrole nitrogens is 1. The molecule has 1 heterocycles. The van der Waals surface area contributed by atoms with Crippen LogP contribution in [0.3, 0.4) is 0 Å². The highest BCUT2D eigenvalue weighted by atomic mass is 16.1. The molecular weight excluding hydrogens is 258 g/mol. The molecule has 2 heteroatoms. The number of carbonyl (C=O) groups excluding carboxylic acids is 1. The average Bonchev–Trinajstić information content (AvgIpc) is 2.83. The van der Waals surface area contributed by atoms with Crippen LogP contribution in [0.15, 0.2) is 54.6 Å². The zero-order valence-corrected chi connectivity index (χ0v) is 12.4. The molecule has 0 aliphatic carbocycles. The highest BCUT2D eigenvalue weighted by molar-refractivity contribution is 5.97. The molecule has 0 bridgehead atoms. The van der Waals surface area contributed by atoms with E-state index in [0.29, 0.717) is 6.42 Å². The van der Waals surface area contributed by atoms with E-state index in [9.17, 15) is 4.79 Å². The fraction of sp³-hybridized carbons (Fsp3) is 0.211. The highest BCUT2D eigenvalue weighted by Crippen LogP contribution is 2.31. The third-order valence-electron chi connectivity index (χ3n) is 4.02. The summed E-state index contributed by atoms with van der Waals surface area (Å²) in [4.78, 5) is 15.8. The maximum absolute atomic E-state index is 12.4. The maximum atomic E-state index is 12.4. The molecular formula is C19H19NO. The van der Waals surface area contributed by atoms with E-state index in [1.54, 1.807) is 0 Å². The Kier molecular flexibility index (Phi) is 3.61. The van der Waals surface area contributed by atoms with Gasteiger partial charge >= 0.3 is 0 Å². The Bertz CT molecular complexity index is 771. The normalized spacial score (nSPS) is 12.5. The summed E-state index contributed by atoms with van der Waals surface area (Å²) in [6.45, 7) is 4.21. The predicted molar refractivity (Wildman–Crippen MR) is 86.8 cm³/mol. The Balaban J connectivity index is 1.89. The monoisotopic (exact) mass is 277 g/mol. The van der Waals surface area contributed by atoms with Crippen LogP contribution in [0.4, 0.5) is 0 Å². The summed E-state index contributed by atoms with van der Waals surface area (Å²) in [6, 6.07) is 17.8. The molecule has 3 aromatic rings. The number of ketones is 1. The molecule has 1 aromatic heterocycles. The average molecular weight is 277 g/mol. The van der Waals surface area contributed by atoms with Gasteiger partial charge in [0.05, 0.1) is 0 Å². The molecule has 1 N–H and O–H groups in total.